The van der Waals surface area contributed by atoms with Crippen molar-refractivity contribution in [2.24, 2.45) is 0 Å². The first kappa shape index (κ1) is 30.1. The third kappa shape index (κ3) is 8.33. The van der Waals surface area contributed by atoms with Gasteiger partial charge in [0.1, 0.15) is 12.2 Å². The van der Waals surface area contributed by atoms with Crippen LogP contribution in [0.5, 0.6) is 0 Å². The van der Waals surface area contributed by atoms with Gasteiger partial charge in [-0.05, 0) is 78.9 Å². The van der Waals surface area contributed by atoms with Crippen molar-refractivity contribution in [3.63, 3.8) is 0 Å². The Morgan fingerprint density at radius 1 is 0.884 bits per heavy atom. The third-order valence-electron chi connectivity index (χ3n) is 7.48. The summed E-state index contributed by atoms with van der Waals surface area (Å²) in [6.45, 7) is 7.36. The van der Waals surface area contributed by atoms with Crippen molar-refractivity contribution < 1.29 is 23.8 Å². The minimum absolute atomic E-state index is 0.129. The van der Waals surface area contributed by atoms with Gasteiger partial charge in [0.2, 0.25) is 0 Å². The summed E-state index contributed by atoms with van der Waals surface area (Å²) >= 11 is 0. The molecule has 6 nitrogen and oxygen atoms in total. The van der Waals surface area contributed by atoms with Crippen LogP contribution >= 0.6 is 0 Å². The highest BCUT2D eigenvalue weighted by molar-refractivity contribution is 5.89. The Balaban J connectivity index is 1.25. The summed E-state index contributed by atoms with van der Waals surface area (Å²) in [6.07, 6.45) is 4.06. The summed E-state index contributed by atoms with van der Waals surface area (Å²) in [6, 6.07) is 32.0. The molecule has 0 aliphatic carbocycles. The van der Waals surface area contributed by atoms with E-state index < -0.39 is 5.60 Å². The number of rotatable bonds is 8. The van der Waals surface area contributed by atoms with Crippen LogP contribution in [0.15, 0.2) is 103 Å². The van der Waals surface area contributed by atoms with Crippen LogP contribution in [0.3, 0.4) is 0 Å². The van der Waals surface area contributed by atoms with Crippen LogP contribution in [0.1, 0.15) is 60.2 Å². The Labute approximate surface area is 253 Å². The molecule has 43 heavy (non-hydrogen) atoms. The lowest BCUT2D eigenvalue weighted by molar-refractivity contribution is -0.0359. The number of carbonyl (C=O) groups excluding carboxylic acids is 2. The zero-order valence-corrected chi connectivity index (χ0v) is 25.1. The first-order valence-electron chi connectivity index (χ1n) is 14.8. The molecule has 2 unspecified atom stereocenters. The van der Waals surface area contributed by atoms with Gasteiger partial charge in [-0.1, -0.05) is 84.9 Å². The Morgan fingerprint density at radius 3 is 2.35 bits per heavy atom. The van der Waals surface area contributed by atoms with E-state index in [1.165, 1.54) is 16.3 Å². The van der Waals surface area contributed by atoms with E-state index in [0.29, 0.717) is 25.3 Å². The number of hydrogen-bond donors (Lipinski definition) is 0. The minimum Gasteiger partial charge on any atom is -0.458 e. The molecule has 1 heterocycles. The Hall–Kier alpha value is -4.42. The number of hydrogen-bond acceptors (Lipinski definition) is 5. The molecule has 0 bridgehead atoms. The summed E-state index contributed by atoms with van der Waals surface area (Å²) in [5.41, 5.74) is 3.26. The van der Waals surface area contributed by atoms with Crippen LogP contribution in [0.25, 0.3) is 16.8 Å². The molecule has 4 aromatic carbocycles. The number of amides is 1. The summed E-state index contributed by atoms with van der Waals surface area (Å²) in [5.74, 6) is -0.211. The van der Waals surface area contributed by atoms with Crippen molar-refractivity contribution in [2.45, 2.75) is 51.4 Å². The van der Waals surface area contributed by atoms with Crippen LogP contribution < -0.4 is 0 Å². The summed E-state index contributed by atoms with van der Waals surface area (Å²) in [5, 5.41) is 2.37. The normalized spacial score (nSPS) is 17.2. The molecule has 222 valence electrons. The second kappa shape index (κ2) is 13.7. The van der Waals surface area contributed by atoms with E-state index in [-0.39, 0.29) is 30.7 Å². The average Bonchev–Trinajstić information content (AvgIpc) is 3.01. The van der Waals surface area contributed by atoms with E-state index in [1.54, 1.807) is 17.0 Å². The molecule has 1 saturated heterocycles. The van der Waals surface area contributed by atoms with Gasteiger partial charge in [0.05, 0.1) is 24.8 Å². The molecule has 1 aliphatic heterocycles. The van der Waals surface area contributed by atoms with Gasteiger partial charge >= 0.3 is 12.1 Å². The molecule has 1 aliphatic rings. The summed E-state index contributed by atoms with van der Waals surface area (Å²) in [4.78, 5) is 26.8. The topological polar surface area (TPSA) is 65.1 Å². The highest BCUT2D eigenvalue weighted by Gasteiger charge is 2.35. The monoisotopic (exact) mass is 577 g/mol. The van der Waals surface area contributed by atoms with Crippen molar-refractivity contribution in [1.82, 2.24) is 4.90 Å². The van der Waals surface area contributed by atoms with Gasteiger partial charge < -0.3 is 19.1 Å². The average molecular weight is 578 g/mol. The highest BCUT2D eigenvalue weighted by Crippen LogP contribution is 2.32. The van der Waals surface area contributed by atoms with E-state index in [0.717, 1.165) is 17.5 Å². The third-order valence-corrected chi connectivity index (χ3v) is 7.48. The molecule has 1 fully saturated rings. The fraction of sp³-hybridized carbons (Fsp3) is 0.297. The molecule has 2 atom stereocenters. The number of carbonyl (C=O) groups is 2. The summed E-state index contributed by atoms with van der Waals surface area (Å²) < 4.78 is 17.6. The van der Waals surface area contributed by atoms with E-state index in [2.05, 4.69) is 54.6 Å². The smallest absolute Gasteiger partial charge is 0.410 e. The first-order chi connectivity index (χ1) is 20.7. The fourth-order valence-electron chi connectivity index (χ4n) is 5.31. The molecule has 0 aromatic heterocycles. The van der Waals surface area contributed by atoms with Gasteiger partial charge in [0.15, 0.2) is 0 Å². The van der Waals surface area contributed by atoms with Crippen molar-refractivity contribution in [1.29, 1.82) is 0 Å². The zero-order valence-electron chi connectivity index (χ0n) is 25.1. The molecular formula is C37H39NO5. The SMILES string of the molecule is CC(C)(C)OC(=O)N1CCC(c2ccc(C=CCOC(=O)c3ccccc3)cc2)C(OCc2ccc3ccccc3c2)C1. The standard InChI is InChI=1S/C37H39NO5/c1-37(2,3)43-36(40)38-22-21-33(34(25-38)42-26-28-17-18-29-11-7-8-14-32(29)24-28)30-19-15-27(16-20-30)10-9-23-41-35(39)31-12-5-4-6-13-31/h4-20,24,33-34H,21-23,25-26H2,1-3H3. The van der Waals surface area contributed by atoms with Crippen LogP contribution in [0.2, 0.25) is 0 Å². The molecule has 0 saturated carbocycles. The second-order valence-electron chi connectivity index (χ2n) is 11.9. The number of esters is 1. The van der Waals surface area contributed by atoms with Crippen LogP contribution in [0.4, 0.5) is 4.79 Å². The maximum absolute atomic E-state index is 12.9. The Kier molecular flexibility index (Phi) is 9.58. The fourth-order valence-corrected chi connectivity index (χ4v) is 5.31. The van der Waals surface area contributed by atoms with Crippen LogP contribution in [0, 0.1) is 0 Å². The van der Waals surface area contributed by atoms with Gasteiger partial charge in [0, 0.05) is 12.5 Å². The number of benzene rings is 4. The number of piperidine rings is 1. The molecule has 1 amide bonds. The maximum Gasteiger partial charge on any atom is 0.410 e. The van der Waals surface area contributed by atoms with Crippen LogP contribution in [-0.2, 0) is 20.8 Å². The van der Waals surface area contributed by atoms with Crippen molar-refractivity contribution in [3.8, 4) is 0 Å². The Morgan fingerprint density at radius 2 is 1.60 bits per heavy atom. The lowest BCUT2D eigenvalue weighted by atomic mass is 9.86. The van der Waals surface area contributed by atoms with Crippen molar-refractivity contribution >= 4 is 28.9 Å². The Bertz CT molecular complexity index is 1560. The number of likely N-dealkylation sites (tertiary alicyclic amines) is 1. The molecule has 0 spiro atoms. The van der Waals surface area contributed by atoms with Gasteiger partial charge in [-0.3, -0.25) is 0 Å². The molecular weight excluding hydrogens is 538 g/mol. The first-order valence-corrected chi connectivity index (χ1v) is 14.8. The van der Waals surface area contributed by atoms with Crippen molar-refractivity contribution in [3.05, 3.63) is 125 Å². The predicted octanol–water partition coefficient (Wildman–Crippen LogP) is 8.02. The van der Waals surface area contributed by atoms with E-state index >= 15 is 0 Å². The number of ether oxygens (including phenoxy) is 3. The van der Waals surface area contributed by atoms with Gasteiger partial charge in [0.25, 0.3) is 0 Å². The van der Waals surface area contributed by atoms with E-state index in [4.69, 9.17) is 14.2 Å². The van der Waals surface area contributed by atoms with E-state index in [1.807, 2.05) is 63.3 Å². The highest BCUT2D eigenvalue weighted by atomic mass is 16.6. The lowest BCUT2D eigenvalue weighted by Gasteiger charge is -2.39. The lowest BCUT2D eigenvalue weighted by Crippen LogP contribution is -2.48. The molecule has 4 aromatic rings. The zero-order chi connectivity index (χ0) is 30.2. The van der Waals surface area contributed by atoms with Gasteiger partial charge in [-0.25, -0.2) is 9.59 Å². The molecule has 6 heteroatoms. The second-order valence-corrected chi connectivity index (χ2v) is 11.9. The van der Waals surface area contributed by atoms with Gasteiger partial charge in [-0.2, -0.15) is 0 Å². The number of nitrogens with zero attached hydrogens (tertiary/aromatic N) is 1. The van der Waals surface area contributed by atoms with E-state index in [9.17, 15) is 9.59 Å². The molecule has 5 rings (SSSR count). The maximum atomic E-state index is 12.9. The molecule has 0 radical (unpaired) electrons. The predicted molar refractivity (Wildman–Crippen MR) is 170 cm³/mol. The quantitative estimate of drug-likeness (QED) is 0.198. The van der Waals surface area contributed by atoms with Crippen LogP contribution in [-0.4, -0.2) is 48.4 Å². The summed E-state index contributed by atoms with van der Waals surface area (Å²) in [7, 11) is 0. The van der Waals surface area contributed by atoms with Gasteiger partial charge in [-0.15, -0.1) is 0 Å². The minimum atomic E-state index is -0.557. The van der Waals surface area contributed by atoms with Crippen molar-refractivity contribution in [2.75, 3.05) is 19.7 Å². The molecule has 0 N–H and O–H groups in total. The largest absolute Gasteiger partial charge is 0.458 e. The number of fused-ring (bicyclic) bond motifs is 1.